The average molecular weight is 458 g/mol. The molecule has 0 spiro atoms. The average Bonchev–Trinajstić information content (AvgIpc) is 2.97. The van der Waals surface area contributed by atoms with Crippen LogP contribution in [0.4, 0.5) is 0 Å². The van der Waals surface area contributed by atoms with Crippen LogP contribution in [0.2, 0.25) is 0 Å². The van der Waals surface area contributed by atoms with Crippen molar-refractivity contribution in [2.75, 3.05) is 0 Å². The van der Waals surface area contributed by atoms with Crippen LogP contribution in [-0.4, -0.2) is 4.98 Å². The van der Waals surface area contributed by atoms with Crippen LogP contribution in [-0.2, 0) is 0 Å². The van der Waals surface area contributed by atoms with E-state index in [9.17, 15) is 0 Å². The van der Waals surface area contributed by atoms with Crippen molar-refractivity contribution in [2.45, 2.75) is 0 Å². The summed E-state index contributed by atoms with van der Waals surface area (Å²) in [4.78, 5) is 4.76. The SMILES string of the molecule is c1cc2ccc1-c1ccc(cc1)-c1ccc(cc1)-c1ccc(nc1)-c1ccc(cc1)-c1ccc-2cc1. The molecule has 3 heterocycles. The Morgan fingerprint density at radius 1 is 0.222 bits per heavy atom. The maximum atomic E-state index is 4.76. The van der Waals surface area contributed by atoms with Gasteiger partial charge >= 0.3 is 0 Å². The summed E-state index contributed by atoms with van der Waals surface area (Å²) in [6.45, 7) is 0. The Morgan fingerprint density at radius 3 is 0.694 bits per heavy atom. The van der Waals surface area contributed by atoms with Gasteiger partial charge in [0.2, 0.25) is 0 Å². The van der Waals surface area contributed by atoms with Gasteiger partial charge in [0.1, 0.15) is 0 Å². The molecule has 1 aromatic heterocycles. The first-order chi connectivity index (χ1) is 17.8. The van der Waals surface area contributed by atoms with Crippen molar-refractivity contribution in [3.8, 4) is 66.9 Å². The molecule has 0 amide bonds. The summed E-state index contributed by atoms with van der Waals surface area (Å²) in [5, 5.41) is 0. The molecule has 12 bridgehead atoms. The van der Waals surface area contributed by atoms with E-state index in [-0.39, 0.29) is 0 Å². The molecular weight excluding hydrogens is 434 g/mol. The van der Waals surface area contributed by atoms with Crippen molar-refractivity contribution in [3.05, 3.63) is 140 Å². The zero-order valence-electron chi connectivity index (χ0n) is 19.7. The fourth-order valence-electron chi connectivity index (χ4n) is 4.99. The lowest BCUT2D eigenvalue weighted by Crippen LogP contribution is -1.87. The predicted molar refractivity (Wildman–Crippen MR) is 150 cm³/mol. The van der Waals surface area contributed by atoms with Crippen LogP contribution in [0.25, 0.3) is 66.9 Å². The van der Waals surface area contributed by atoms with Gasteiger partial charge in [-0.15, -0.1) is 0 Å². The maximum absolute atomic E-state index is 4.76. The van der Waals surface area contributed by atoms with Gasteiger partial charge in [0.15, 0.2) is 0 Å². The molecule has 168 valence electrons. The Labute approximate surface area is 211 Å². The standard InChI is InChI=1S/C35H23N/c1-3-25-4-2-24(1)26-5-7-28(8-6-26)30-13-15-32(16-14-30)34-21-22-35(36-23-34)33-19-17-31(18-20-33)29-11-9-27(25)10-12-29/h1-23H. The van der Waals surface area contributed by atoms with Gasteiger partial charge in [0, 0.05) is 17.3 Å². The summed E-state index contributed by atoms with van der Waals surface area (Å²) in [7, 11) is 0. The Morgan fingerprint density at radius 2 is 0.444 bits per heavy atom. The highest BCUT2D eigenvalue weighted by Crippen LogP contribution is 2.31. The van der Waals surface area contributed by atoms with Gasteiger partial charge in [0.25, 0.3) is 0 Å². The molecule has 5 aromatic carbocycles. The summed E-state index contributed by atoms with van der Waals surface area (Å²) in [6, 6.07) is 48.1. The molecule has 16 aliphatic rings. The Bertz CT molecular complexity index is 1180. The topological polar surface area (TPSA) is 12.9 Å². The third-order valence-corrected chi connectivity index (χ3v) is 7.15. The fraction of sp³-hybridized carbons (Fsp3) is 0. The van der Waals surface area contributed by atoms with Crippen LogP contribution in [0, 0.1) is 0 Å². The van der Waals surface area contributed by atoms with Crippen LogP contribution in [0.3, 0.4) is 0 Å². The van der Waals surface area contributed by atoms with Crippen LogP contribution in [0.15, 0.2) is 140 Å². The van der Waals surface area contributed by atoms with Crippen molar-refractivity contribution < 1.29 is 0 Å². The first kappa shape index (κ1) is 20.6. The molecule has 0 unspecified atom stereocenters. The third-order valence-electron chi connectivity index (χ3n) is 7.15. The summed E-state index contributed by atoms with van der Waals surface area (Å²) in [6.07, 6.45) is 1.97. The van der Waals surface area contributed by atoms with E-state index in [0.717, 1.165) is 16.8 Å². The Kier molecular flexibility index (Phi) is 4.85. The molecule has 0 N–H and O–H groups in total. The molecule has 0 saturated carbocycles. The van der Waals surface area contributed by atoms with E-state index in [2.05, 4.69) is 133 Å². The van der Waals surface area contributed by atoms with E-state index in [0.29, 0.717) is 0 Å². The summed E-state index contributed by atoms with van der Waals surface area (Å²) < 4.78 is 0. The summed E-state index contributed by atoms with van der Waals surface area (Å²) in [5.41, 5.74) is 14.1. The fourth-order valence-corrected chi connectivity index (χ4v) is 4.99. The molecule has 22 rings (SSSR count). The number of benzene rings is 5. The van der Waals surface area contributed by atoms with Crippen LogP contribution >= 0.6 is 0 Å². The highest BCUT2D eigenvalue weighted by Gasteiger charge is 2.07. The minimum absolute atomic E-state index is 0.982. The summed E-state index contributed by atoms with van der Waals surface area (Å²) in [5.74, 6) is 0. The maximum Gasteiger partial charge on any atom is 0.0702 e. The predicted octanol–water partition coefficient (Wildman–Crippen LogP) is 9.40. The Balaban J connectivity index is 1.35. The molecule has 0 radical (unpaired) electrons. The number of pyridine rings is 1. The van der Waals surface area contributed by atoms with Crippen molar-refractivity contribution in [3.63, 3.8) is 0 Å². The van der Waals surface area contributed by atoms with E-state index in [1.807, 2.05) is 6.20 Å². The number of hydrogen-bond acceptors (Lipinski definition) is 1. The van der Waals surface area contributed by atoms with Gasteiger partial charge in [-0.3, -0.25) is 4.98 Å². The van der Waals surface area contributed by atoms with E-state index < -0.39 is 0 Å². The van der Waals surface area contributed by atoms with Gasteiger partial charge in [0.05, 0.1) is 5.69 Å². The quantitative estimate of drug-likeness (QED) is 0.221. The molecule has 1 heteroatoms. The third kappa shape index (κ3) is 3.72. The number of aromatic nitrogens is 1. The van der Waals surface area contributed by atoms with Gasteiger partial charge < -0.3 is 0 Å². The second kappa shape index (κ2) is 8.48. The molecule has 36 heavy (non-hydrogen) atoms. The number of nitrogens with zero attached hydrogens (tertiary/aromatic N) is 1. The lowest BCUT2D eigenvalue weighted by molar-refractivity contribution is 1.32. The lowest BCUT2D eigenvalue weighted by Gasteiger charge is -2.10. The lowest BCUT2D eigenvalue weighted by atomic mass is 9.96. The minimum atomic E-state index is 0.982. The van der Waals surface area contributed by atoms with Gasteiger partial charge in [-0.1, -0.05) is 127 Å². The summed E-state index contributed by atoms with van der Waals surface area (Å²) >= 11 is 0. The molecule has 0 atom stereocenters. The van der Waals surface area contributed by atoms with Crippen molar-refractivity contribution in [2.24, 2.45) is 0 Å². The van der Waals surface area contributed by atoms with E-state index in [4.69, 9.17) is 4.98 Å². The molecular formula is C35H23N. The molecule has 0 saturated heterocycles. The largest absolute Gasteiger partial charge is 0.256 e. The van der Waals surface area contributed by atoms with Gasteiger partial charge in [-0.05, 0) is 56.1 Å². The normalized spacial score (nSPS) is 11.3. The molecule has 2 aliphatic heterocycles. The van der Waals surface area contributed by atoms with Crippen LogP contribution in [0.1, 0.15) is 0 Å². The van der Waals surface area contributed by atoms with Crippen LogP contribution in [0.5, 0.6) is 0 Å². The van der Waals surface area contributed by atoms with Crippen LogP contribution < -0.4 is 0 Å². The van der Waals surface area contributed by atoms with Crippen molar-refractivity contribution in [1.82, 2.24) is 4.98 Å². The molecule has 14 aliphatic carbocycles. The van der Waals surface area contributed by atoms with Gasteiger partial charge in [-0.25, -0.2) is 0 Å². The Hall–Kier alpha value is -4.75. The molecule has 1 nitrogen and oxygen atoms in total. The number of rotatable bonds is 0. The first-order valence-electron chi connectivity index (χ1n) is 12.3. The van der Waals surface area contributed by atoms with Crippen molar-refractivity contribution >= 4 is 0 Å². The van der Waals surface area contributed by atoms with Crippen molar-refractivity contribution in [1.29, 1.82) is 0 Å². The molecule has 6 aromatic rings. The zero-order chi connectivity index (χ0) is 23.9. The monoisotopic (exact) mass is 457 g/mol. The number of hydrogen-bond donors (Lipinski definition) is 0. The smallest absolute Gasteiger partial charge is 0.0702 e. The highest BCUT2D eigenvalue weighted by molar-refractivity contribution is 5.77. The van der Waals surface area contributed by atoms with E-state index >= 15 is 0 Å². The zero-order valence-corrected chi connectivity index (χ0v) is 19.7. The second-order valence-corrected chi connectivity index (χ2v) is 9.32. The highest BCUT2D eigenvalue weighted by atomic mass is 14.7. The minimum Gasteiger partial charge on any atom is -0.256 e. The second-order valence-electron chi connectivity index (χ2n) is 9.32. The van der Waals surface area contributed by atoms with E-state index in [1.165, 1.54) is 50.1 Å². The molecule has 0 fully saturated rings. The van der Waals surface area contributed by atoms with E-state index in [1.54, 1.807) is 0 Å². The van der Waals surface area contributed by atoms with Gasteiger partial charge in [-0.2, -0.15) is 0 Å². The first-order valence-corrected chi connectivity index (χ1v) is 12.3.